The smallest absolute Gasteiger partial charge is 0.138 e. The Morgan fingerprint density at radius 3 is 2.69 bits per heavy atom. The Hall–Kier alpha value is -3.59. The number of benzene rings is 2. The van der Waals surface area contributed by atoms with Crippen molar-refractivity contribution in [3.63, 3.8) is 0 Å². The molecule has 0 aliphatic heterocycles. The van der Waals surface area contributed by atoms with Gasteiger partial charge in [0.15, 0.2) is 0 Å². The highest BCUT2D eigenvalue weighted by Gasteiger charge is 2.12. The Morgan fingerprint density at radius 1 is 0.885 bits per heavy atom. The first kappa shape index (κ1) is 14.7. The van der Waals surface area contributed by atoms with Gasteiger partial charge in [-0.2, -0.15) is 0 Å². The predicted octanol–water partition coefficient (Wildman–Crippen LogP) is 6.02. The van der Waals surface area contributed by atoms with Crippen molar-refractivity contribution in [2.24, 2.45) is 0 Å². The first-order valence-corrected chi connectivity index (χ1v) is 8.60. The number of hydrogen-bond acceptors (Lipinski definition) is 1. The number of hydrogen-bond donors (Lipinski definition) is 2. The summed E-state index contributed by atoms with van der Waals surface area (Å²) in [4.78, 5) is 11.3. The van der Waals surface area contributed by atoms with Crippen molar-refractivity contribution in [2.45, 2.75) is 0 Å². The highest BCUT2D eigenvalue weighted by atomic mass is 14.9. The molecule has 5 aromatic rings. The molecule has 0 fully saturated rings. The second-order valence-corrected chi connectivity index (χ2v) is 6.38. The third-order valence-electron chi connectivity index (χ3n) is 4.85. The first-order valence-electron chi connectivity index (χ1n) is 8.60. The largest absolute Gasteiger partial charge is 0.361 e. The summed E-state index contributed by atoms with van der Waals surface area (Å²) in [6.45, 7) is 3.86. The molecule has 2 N–H and O–H groups in total. The van der Waals surface area contributed by atoms with E-state index in [1.165, 1.54) is 16.5 Å². The molecular weight excluding hydrogens is 318 g/mol. The zero-order valence-corrected chi connectivity index (χ0v) is 14.2. The number of rotatable bonds is 3. The van der Waals surface area contributed by atoms with E-state index in [4.69, 9.17) is 0 Å². The van der Waals surface area contributed by atoms with Crippen LogP contribution in [0.5, 0.6) is 0 Å². The Kier molecular flexibility index (Phi) is 3.25. The number of nitrogens with one attached hydrogen (secondary N) is 2. The lowest BCUT2D eigenvalue weighted by Gasteiger charge is -2.05. The summed E-state index contributed by atoms with van der Waals surface area (Å²) in [6, 6.07) is 21.1. The second kappa shape index (κ2) is 5.74. The van der Waals surface area contributed by atoms with Gasteiger partial charge in [0.2, 0.25) is 0 Å². The van der Waals surface area contributed by atoms with Crippen LogP contribution in [-0.4, -0.2) is 15.0 Å². The van der Waals surface area contributed by atoms with Crippen molar-refractivity contribution in [3.05, 3.63) is 85.2 Å². The maximum atomic E-state index is 4.54. The number of aromatic amines is 2. The third-order valence-corrected chi connectivity index (χ3v) is 4.85. The van der Waals surface area contributed by atoms with Gasteiger partial charge in [-0.05, 0) is 52.6 Å². The van der Waals surface area contributed by atoms with E-state index < -0.39 is 0 Å². The molecule has 0 saturated heterocycles. The minimum absolute atomic E-state index is 0.897. The summed E-state index contributed by atoms with van der Waals surface area (Å²) < 4.78 is 0. The maximum absolute atomic E-state index is 4.54. The Balaban J connectivity index is 1.74. The van der Waals surface area contributed by atoms with Gasteiger partial charge in [-0.1, -0.05) is 43.0 Å². The predicted molar refractivity (Wildman–Crippen MR) is 109 cm³/mol. The summed E-state index contributed by atoms with van der Waals surface area (Å²) in [5, 5.41) is 2.34. The van der Waals surface area contributed by atoms with E-state index in [1.54, 1.807) is 0 Å². The van der Waals surface area contributed by atoms with Crippen LogP contribution in [0, 0.1) is 0 Å². The highest BCUT2D eigenvalue weighted by molar-refractivity contribution is 6.04. The van der Waals surface area contributed by atoms with Gasteiger partial charge in [0.25, 0.3) is 0 Å². The monoisotopic (exact) mass is 335 g/mol. The number of H-pyrrole nitrogens is 2. The number of aromatic nitrogens is 3. The summed E-state index contributed by atoms with van der Waals surface area (Å²) >= 11 is 0. The van der Waals surface area contributed by atoms with Gasteiger partial charge in [-0.15, -0.1) is 0 Å². The van der Waals surface area contributed by atoms with Crippen molar-refractivity contribution in [1.29, 1.82) is 0 Å². The van der Waals surface area contributed by atoms with E-state index in [0.717, 1.165) is 33.4 Å². The Labute approximate surface area is 151 Å². The van der Waals surface area contributed by atoms with Gasteiger partial charge in [0.05, 0.1) is 0 Å². The standard InChI is InChI=1S/C23H17N3/c1-2-15-5-3-6-16(13-15)22-14-20-18(9-12-25-23(20)26-22)17-7-4-8-21-19(17)10-11-24-21/h2-14,24H,1H2,(H,25,26). The minimum Gasteiger partial charge on any atom is -0.361 e. The first-order chi connectivity index (χ1) is 12.8. The number of nitrogens with zero attached hydrogens (tertiary/aromatic N) is 1. The van der Waals surface area contributed by atoms with Crippen molar-refractivity contribution in [3.8, 4) is 22.4 Å². The van der Waals surface area contributed by atoms with Crippen LogP contribution in [0.4, 0.5) is 0 Å². The van der Waals surface area contributed by atoms with Crippen molar-refractivity contribution in [2.75, 3.05) is 0 Å². The number of pyridine rings is 1. The van der Waals surface area contributed by atoms with Gasteiger partial charge < -0.3 is 9.97 Å². The molecule has 3 aromatic heterocycles. The SMILES string of the molecule is C=Cc1cccc(-c2cc3c(-c4cccc5[nH]ccc45)ccnc3[nH]2)c1. The van der Waals surface area contributed by atoms with Crippen LogP contribution >= 0.6 is 0 Å². The molecule has 0 radical (unpaired) electrons. The van der Waals surface area contributed by atoms with Crippen molar-refractivity contribution >= 4 is 28.0 Å². The normalized spacial score (nSPS) is 11.2. The van der Waals surface area contributed by atoms with Crippen LogP contribution in [-0.2, 0) is 0 Å². The fourth-order valence-electron chi connectivity index (χ4n) is 3.57. The lowest BCUT2D eigenvalue weighted by Crippen LogP contribution is -1.83. The summed E-state index contributed by atoms with van der Waals surface area (Å²) in [7, 11) is 0. The van der Waals surface area contributed by atoms with E-state index in [1.807, 2.05) is 24.5 Å². The van der Waals surface area contributed by atoms with Crippen LogP contribution in [0.3, 0.4) is 0 Å². The Morgan fingerprint density at radius 2 is 1.77 bits per heavy atom. The van der Waals surface area contributed by atoms with E-state index in [0.29, 0.717) is 0 Å². The molecule has 0 aliphatic rings. The van der Waals surface area contributed by atoms with Crippen molar-refractivity contribution in [1.82, 2.24) is 15.0 Å². The molecule has 0 spiro atoms. The fraction of sp³-hybridized carbons (Fsp3) is 0. The van der Waals surface area contributed by atoms with E-state index in [9.17, 15) is 0 Å². The molecule has 5 rings (SSSR count). The average molecular weight is 335 g/mol. The summed E-state index contributed by atoms with van der Waals surface area (Å²) in [6.07, 6.45) is 5.71. The molecule has 3 heteroatoms. The molecule has 2 aromatic carbocycles. The van der Waals surface area contributed by atoms with E-state index in [2.05, 4.69) is 76.1 Å². The minimum atomic E-state index is 0.897. The molecule has 124 valence electrons. The van der Waals surface area contributed by atoms with Crippen molar-refractivity contribution < 1.29 is 0 Å². The molecule has 0 amide bonds. The molecule has 0 saturated carbocycles. The topological polar surface area (TPSA) is 44.5 Å². The van der Waals surface area contributed by atoms with Gasteiger partial charge in [0, 0.05) is 34.4 Å². The average Bonchev–Trinajstić information content (AvgIpc) is 3.34. The summed E-state index contributed by atoms with van der Waals surface area (Å²) in [5.74, 6) is 0. The van der Waals surface area contributed by atoms with Crippen LogP contribution in [0.15, 0.2) is 79.6 Å². The lowest BCUT2D eigenvalue weighted by atomic mass is 10.00. The van der Waals surface area contributed by atoms with Gasteiger partial charge in [0.1, 0.15) is 5.65 Å². The van der Waals surface area contributed by atoms with Gasteiger partial charge in [-0.3, -0.25) is 0 Å². The van der Waals surface area contributed by atoms with Crippen LogP contribution in [0.1, 0.15) is 5.56 Å². The zero-order valence-electron chi connectivity index (χ0n) is 14.2. The molecule has 3 heterocycles. The van der Waals surface area contributed by atoms with Crippen LogP contribution in [0.25, 0.3) is 50.4 Å². The zero-order chi connectivity index (χ0) is 17.5. The lowest BCUT2D eigenvalue weighted by molar-refractivity contribution is 1.32. The molecule has 0 aliphatic carbocycles. The molecule has 0 atom stereocenters. The molecule has 0 unspecified atom stereocenters. The molecule has 26 heavy (non-hydrogen) atoms. The number of fused-ring (bicyclic) bond motifs is 2. The maximum Gasteiger partial charge on any atom is 0.138 e. The quantitative estimate of drug-likeness (QED) is 0.416. The van der Waals surface area contributed by atoms with Crippen LogP contribution < -0.4 is 0 Å². The molecule has 3 nitrogen and oxygen atoms in total. The second-order valence-electron chi connectivity index (χ2n) is 6.38. The van der Waals surface area contributed by atoms with Crippen LogP contribution in [0.2, 0.25) is 0 Å². The van der Waals surface area contributed by atoms with E-state index in [-0.39, 0.29) is 0 Å². The van der Waals surface area contributed by atoms with Gasteiger partial charge in [-0.25, -0.2) is 4.98 Å². The third kappa shape index (κ3) is 2.25. The van der Waals surface area contributed by atoms with Gasteiger partial charge >= 0.3 is 0 Å². The molecule has 0 bridgehead atoms. The van der Waals surface area contributed by atoms with E-state index >= 15 is 0 Å². The highest BCUT2D eigenvalue weighted by Crippen LogP contribution is 2.35. The fourth-order valence-corrected chi connectivity index (χ4v) is 3.57. The molecular formula is C23H17N3. The Bertz CT molecular complexity index is 1260. The summed E-state index contributed by atoms with van der Waals surface area (Å²) in [5.41, 5.74) is 7.72.